The van der Waals surface area contributed by atoms with Crippen LogP contribution in [0, 0.1) is 10.1 Å². The summed E-state index contributed by atoms with van der Waals surface area (Å²) in [5, 5.41) is 12.0. The van der Waals surface area contributed by atoms with Crippen molar-refractivity contribution in [3.8, 4) is 0 Å². The maximum Gasteiger partial charge on any atom is 0.269 e. The molecule has 2 aliphatic rings. The molecule has 0 spiro atoms. The van der Waals surface area contributed by atoms with E-state index in [0.29, 0.717) is 0 Å². The van der Waals surface area contributed by atoms with Crippen LogP contribution in [0.25, 0.3) is 0 Å². The molecule has 0 amide bonds. The Morgan fingerprint density at radius 3 is 2.55 bits per heavy atom. The van der Waals surface area contributed by atoms with Crippen molar-refractivity contribution >= 4 is 29.0 Å². The largest absolute Gasteiger partial charge is 0.344 e. The van der Waals surface area contributed by atoms with Crippen LogP contribution in [0.4, 0.5) is 17.2 Å². The van der Waals surface area contributed by atoms with E-state index in [9.17, 15) is 10.1 Å². The molecule has 3 heterocycles. The number of nitro benzene ring substituents is 1. The molecule has 0 saturated carbocycles. The zero-order valence-corrected chi connectivity index (χ0v) is 16.6. The molecule has 1 fully saturated rings. The number of aromatic nitrogens is 2. The van der Waals surface area contributed by atoms with E-state index in [1.54, 1.807) is 30.2 Å². The summed E-state index contributed by atoms with van der Waals surface area (Å²) in [7, 11) is 2.06. The number of nitrogens with zero attached hydrogens (tertiary/aromatic N) is 5. The molecule has 1 aromatic heterocycles. The van der Waals surface area contributed by atoms with Crippen molar-refractivity contribution in [1.82, 2.24) is 9.97 Å². The predicted octanol–water partition coefficient (Wildman–Crippen LogP) is 4.65. The average Bonchev–Trinajstić information content (AvgIpc) is 3.12. The fourth-order valence-electron chi connectivity index (χ4n) is 4.32. The minimum Gasteiger partial charge on any atom is -0.344 e. The molecule has 7 nitrogen and oxygen atoms in total. The van der Waals surface area contributed by atoms with Gasteiger partial charge in [-0.3, -0.25) is 10.1 Å². The molecule has 2 aliphatic heterocycles. The zero-order valence-electron chi connectivity index (χ0n) is 15.8. The molecule has 2 atom stereocenters. The van der Waals surface area contributed by atoms with Crippen LogP contribution in [0.2, 0.25) is 0 Å². The van der Waals surface area contributed by atoms with E-state index in [1.165, 1.54) is 0 Å². The lowest BCUT2D eigenvalue weighted by molar-refractivity contribution is -0.384. The predicted molar refractivity (Wildman–Crippen MR) is 112 cm³/mol. The molecular formula is C21H19N5O2S. The van der Waals surface area contributed by atoms with E-state index in [0.717, 1.165) is 39.8 Å². The van der Waals surface area contributed by atoms with Crippen molar-refractivity contribution in [3.05, 3.63) is 76.6 Å². The number of benzene rings is 2. The fourth-order valence-corrected chi connectivity index (χ4v) is 5.27. The first kappa shape index (κ1) is 17.9. The van der Waals surface area contributed by atoms with E-state index < -0.39 is 0 Å². The van der Waals surface area contributed by atoms with E-state index in [1.807, 2.05) is 30.3 Å². The summed E-state index contributed by atoms with van der Waals surface area (Å²) < 4.78 is 0. The minimum absolute atomic E-state index is 0.107. The Morgan fingerprint density at radius 1 is 1.07 bits per heavy atom. The van der Waals surface area contributed by atoms with Crippen molar-refractivity contribution < 1.29 is 4.92 Å². The molecule has 0 aliphatic carbocycles. The molecule has 146 valence electrons. The highest BCUT2D eigenvalue weighted by Gasteiger charge is 2.45. The third kappa shape index (κ3) is 3.00. The van der Waals surface area contributed by atoms with Crippen LogP contribution in [0.3, 0.4) is 0 Å². The summed E-state index contributed by atoms with van der Waals surface area (Å²) in [4.78, 5) is 25.6. The van der Waals surface area contributed by atoms with Gasteiger partial charge in [0, 0.05) is 35.3 Å². The quantitative estimate of drug-likeness (QED) is 0.355. The van der Waals surface area contributed by atoms with Crippen LogP contribution in [0.15, 0.2) is 70.8 Å². The first-order chi connectivity index (χ1) is 14.1. The molecule has 3 aromatic rings. The lowest BCUT2D eigenvalue weighted by Gasteiger charge is -2.43. The number of fused-ring (bicyclic) bond motifs is 4. The number of hydrogen-bond donors (Lipinski definition) is 0. The summed E-state index contributed by atoms with van der Waals surface area (Å²) in [6.07, 6.45) is 3.82. The third-order valence-electron chi connectivity index (χ3n) is 5.61. The van der Waals surface area contributed by atoms with Gasteiger partial charge in [0.05, 0.1) is 11.0 Å². The first-order valence-electron chi connectivity index (χ1n) is 9.47. The van der Waals surface area contributed by atoms with Crippen LogP contribution >= 0.6 is 11.8 Å². The van der Waals surface area contributed by atoms with Gasteiger partial charge in [-0.15, -0.1) is 0 Å². The molecule has 2 bridgehead atoms. The number of hydrogen-bond acceptors (Lipinski definition) is 7. The van der Waals surface area contributed by atoms with Crippen LogP contribution in [-0.2, 0) is 0 Å². The van der Waals surface area contributed by atoms with Gasteiger partial charge < -0.3 is 9.80 Å². The Balaban J connectivity index is 1.56. The highest BCUT2D eigenvalue weighted by atomic mass is 32.2. The van der Waals surface area contributed by atoms with Gasteiger partial charge in [0.2, 0.25) is 0 Å². The molecule has 1 saturated heterocycles. The number of nitro groups is 1. The summed E-state index contributed by atoms with van der Waals surface area (Å²) in [5.74, 6) is 0.976. The fraction of sp³-hybridized carbons (Fsp3) is 0.238. The number of rotatable bonds is 4. The smallest absolute Gasteiger partial charge is 0.269 e. The molecule has 2 aromatic carbocycles. The molecule has 8 heteroatoms. The van der Waals surface area contributed by atoms with Crippen molar-refractivity contribution in [2.45, 2.75) is 35.0 Å². The monoisotopic (exact) mass is 405 g/mol. The van der Waals surface area contributed by atoms with Gasteiger partial charge in [0.25, 0.3) is 5.69 Å². The lowest BCUT2D eigenvalue weighted by Crippen LogP contribution is -2.48. The third-order valence-corrected chi connectivity index (χ3v) is 6.64. The van der Waals surface area contributed by atoms with E-state index in [4.69, 9.17) is 0 Å². The van der Waals surface area contributed by atoms with Gasteiger partial charge >= 0.3 is 0 Å². The van der Waals surface area contributed by atoms with Crippen molar-refractivity contribution in [1.29, 1.82) is 0 Å². The first-order valence-corrected chi connectivity index (χ1v) is 10.3. The summed E-state index contributed by atoms with van der Waals surface area (Å²) in [5.41, 5.74) is 2.23. The second kappa shape index (κ2) is 7.04. The van der Waals surface area contributed by atoms with E-state index in [2.05, 4.69) is 38.9 Å². The molecule has 0 radical (unpaired) electrons. The van der Waals surface area contributed by atoms with Crippen LogP contribution in [0.1, 0.15) is 24.4 Å². The molecular weight excluding hydrogens is 386 g/mol. The second-order valence-electron chi connectivity index (χ2n) is 7.20. The standard InChI is InChI=1S/C21H19N5O2S/c1-24-18-12-11-17(25(18)14-7-9-15(10-8-14)26(27)28)19-20(24)22-13-23-21(19)29-16-5-3-2-4-6-16/h2-10,13,17-18H,11-12H2,1H3/t17-,18+/m0/s1. The van der Waals surface area contributed by atoms with Gasteiger partial charge in [-0.25, -0.2) is 9.97 Å². The average molecular weight is 405 g/mol. The Labute approximate surface area is 172 Å². The SMILES string of the molecule is CN1c2ncnc(Sc3ccccc3)c2[C@@H]2CC[C@H]1N2c1ccc([N+](=O)[O-])cc1. The summed E-state index contributed by atoms with van der Waals surface area (Å²) >= 11 is 1.65. The normalized spacial score (nSPS) is 19.9. The molecule has 0 N–H and O–H groups in total. The van der Waals surface area contributed by atoms with Crippen molar-refractivity contribution in [2.75, 3.05) is 16.8 Å². The van der Waals surface area contributed by atoms with Gasteiger partial charge in [-0.05, 0) is 37.1 Å². The minimum atomic E-state index is -0.363. The summed E-state index contributed by atoms with van der Waals surface area (Å²) in [6.45, 7) is 0. The van der Waals surface area contributed by atoms with E-state index in [-0.39, 0.29) is 22.8 Å². The Kier molecular flexibility index (Phi) is 4.35. The molecule has 29 heavy (non-hydrogen) atoms. The van der Waals surface area contributed by atoms with Crippen molar-refractivity contribution in [3.63, 3.8) is 0 Å². The van der Waals surface area contributed by atoms with Gasteiger partial charge in [0.1, 0.15) is 23.3 Å². The Morgan fingerprint density at radius 2 is 1.83 bits per heavy atom. The zero-order chi connectivity index (χ0) is 20.0. The highest BCUT2D eigenvalue weighted by Crippen LogP contribution is 2.51. The number of anilines is 2. The summed E-state index contributed by atoms with van der Waals surface area (Å²) in [6, 6.07) is 17.2. The van der Waals surface area contributed by atoms with Gasteiger partial charge in [0.15, 0.2) is 0 Å². The highest BCUT2D eigenvalue weighted by molar-refractivity contribution is 7.99. The van der Waals surface area contributed by atoms with Crippen molar-refractivity contribution in [2.24, 2.45) is 0 Å². The molecule has 0 unspecified atom stereocenters. The van der Waals surface area contributed by atoms with Crippen LogP contribution in [-0.4, -0.2) is 28.1 Å². The van der Waals surface area contributed by atoms with Crippen LogP contribution < -0.4 is 9.80 Å². The number of non-ortho nitro benzene ring substituents is 1. The molecule has 5 rings (SSSR count). The maximum absolute atomic E-state index is 11.0. The van der Waals surface area contributed by atoms with E-state index >= 15 is 0 Å². The van der Waals surface area contributed by atoms with Crippen LogP contribution in [0.5, 0.6) is 0 Å². The topological polar surface area (TPSA) is 75.4 Å². The lowest BCUT2D eigenvalue weighted by atomic mass is 10.1. The maximum atomic E-state index is 11.0. The van der Waals surface area contributed by atoms with Gasteiger partial charge in [-0.1, -0.05) is 30.0 Å². The Bertz CT molecular complexity index is 1060. The van der Waals surface area contributed by atoms with Gasteiger partial charge in [-0.2, -0.15) is 0 Å². The Hall–Kier alpha value is -3.13. The second-order valence-corrected chi connectivity index (χ2v) is 8.26.